The topological polar surface area (TPSA) is 82.5 Å². The highest BCUT2D eigenvalue weighted by molar-refractivity contribution is 5.96. The van der Waals surface area contributed by atoms with Crippen LogP contribution in [-0.4, -0.2) is 54.1 Å². The second-order valence-electron chi connectivity index (χ2n) is 3.57. The van der Waals surface area contributed by atoms with Gasteiger partial charge in [0.15, 0.2) is 0 Å². The van der Waals surface area contributed by atoms with E-state index < -0.39 is 5.97 Å². The molecule has 1 aromatic rings. The molecule has 0 fully saturated rings. The second kappa shape index (κ2) is 5.95. The highest BCUT2D eigenvalue weighted by atomic mass is 16.4. The van der Waals surface area contributed by atoms with Crippen LogP contribution in [0.5, 0.6) is 0 Å². The van der Waals surface area contributed by atoms with Crippen LogP contribution in [0, 0.1) is 0 Å². The van der Waals surface area contributed by atoms with Crippen molar-refractivity contribution in [3.05, 3.63) is 29.6 Å². The highest BCUT2D eigenvalue weighted by Gasteiger charge is 2.13. The summed E-state index contributed by atoms with van der Waals surface area (Å²) in [6, 6.07) is 2.78. The van der Waals surface area contributed by atoms with Gasteiger partial charge >= 0.3 is 5.97 Å². The highest BCUT2D eigenvalue weighted by Crippen LogP contribution is 2.05. The summed E-state index contributed by atoms with van der Waals surface area (Å²) in [5, 5.41) is 11.7. The van der Waals surface area contributed by atoms with Gasteiger partial charge in [-0.15, -0.1) is 0 Å². The van der Waals surface area contributed by atoms with E-state index in [0.717, 1.165) is 0 Å². The lowest BCUT2D eigenvalue weighted by Gasteiger charge is -2.16. The molecule has 0 unspecified atom stereocenters. The third kappa shape index (κ3) is 3.53. The fraction of sp³-hybridized carbons (Fsp3) is 0.364. The molecule has 0 aliphatic heterocycles. The normalized spacial score (nSPS) is 10.0. The molecule has 1 rings (SSSR count). The SMILES string of the molecule is CNCCN(C)C(=O)c1ccnc(C(=O)O)c1. The molecule has 17 heavy (non-hydrogen) atoms. The smallest absolute Gasteiger partial charge is 0.354 e. The minimum absolute atomic E-state index is 0.127. The molecule has 0 saturated carbocycles. The number of nitrogens with zero attached hydrogens (tertiary/aromatic N) is 2. The van der Waals surface area contributed by atoms with Gasteiger partial charge in [0.1, 0.15) is 5.69 Å². The van der Waals surface area contributed by atoms with Gasteiger partial charge in [-0.05, 0) is 19.2 Å². The molecular formula is C11H15N3O3. The van der Waals surface area contributed by atoms with Gasteiger partial charge in [-0.25, -0.2) is 9.78 Å². The van der Waals surface area contributed by atoms with Crippen LogP contribution in [0.3, 0.4) is 0 Å². The molecule has 0 saturated heterocycles. The number of carboxylic acids is 1. The molecule has 1 aromatic heterocycles. The molecule has 0 radical (unpaired) electrons. The molecule has 92 valence electrons. The van der Waals surface area contributed by atoms with Gasteiger partial charge in [0.25, 0.3) is 5.91 Å². The number of aromatic nitrogens is 1. The number of aromatic carboxylic acids is 1. The first-order chi connectivity index (χ1) is 8.06. The van der Waals surface area contributed by atoms with Crippen LogP contribution < -0.4 is 5.32 Å². The lowest BCUT2D eigenvalue weighted by molar-refractivity contribution is 0.0690. The molecule has 0 aromatic carbocycles. The third-order valence-electron chi connectivity index (χ3n) is 2.27. The van der Waals surface area contributed by atoms with Crippen molar-refractivity contribution in [1.29, 1.82) is 0 Å². The van der Waals surface area contributed by atoms with Crippen LogP contribution in [0.25, 0.3) is 0 Å². The monoisotopic (exact) mass is 237 g/mol. The summed E-state index contributed by atoms with van der Waals surface area (Å²) in [6.45, 7) is 1.24. The van der Waals surface area contributed by atoms with Crippen molar-refractivity contribution in [2.75, 3.05) is 27.2 Å². The van der Waals surface area contributed by atoms with Crippen molar-refractivity contribution in [1.82, 2.24) is 15.2 Å². The first kappa shape index (κ1) is 13.1. The van der Waals surface area contributed by atoms with E-state index in [0.29, 0.717) is 18.7 Å². The fourth-order valence-corrected chi connectivity index (χ4v) is 1.28. The van der Waals surface area contributed by atoms with Crippen molar-refractivity contribution in [3.63, 3.8) is 0 Å². The number of nitrogens with one attached hydrogen (secondary N) is 1. The Kier molecular flexibility index (Phi) is 4.59. The molecule has 0 spiro atoms. The first-order valence-corrected chi connectivity index (χ1v) is 5.15. The number of rotatable bonds is 5. The lowest BCUT2D eigenvalue weighted by Crippen LogP contribution is -2.32. The van der Waals surface area contributed by atoms with E-state index in [9.17, 15) is 9.59 Å². The molecule has 6 nitrogen and oxygen atoms in total. The average Bonchev–Trinajstić information content (AvgIpc) is 2.35. The molecule has 2 N–H and O–H groups in total. The maximum atomic E-state index is 11.9. The second-order valence-corrected chi connectivity index (χ2v) is 3.57. The first-order valence-electron chi connectivity index (χ1n) is 5.15. The van der Waals surface area contributed by atoms with E-state index in [4.69, 9.17) is 5.11 Å². The zero-order valence-corrected chi connectivity index (χ0v) is 9.80. The number of carbonyl (C=O) groups is 2. The van der Waals surface area contributed by atoms with Crippen LogP contribution in [0.4, 0.5) is 0 Å². The van der Waals surface area contributed by atoms with Crippen LogP contribution in [0.15, 0.2) is 18.3 Å². The summed E-state index contributed by atoms with van der Waals surface area (Å²) in [4.78, 5) is 27.8. The zero-order valence-electron chi connectivity index (χ0n) is 9.80. The summed E-state index contributed by atoms with van der Waals surface area (Å²) < 4.78 is 0. The van der Waals surface area contributed by atoms with Gasteiger partial charge in [-0.2, -0.15) is 0 Å². The quantitative estimate of drug-likeness (QED) is 0.757. The molecule has 1 amide bonds. The zero-order chi connectivity index (χ0) is 12.8. The molecule has 6 heteroatoms. The predicted octanol–water partition coefficient (Wildman–Crippen LogP) is 0.0712. The predicted molar refractivity (Wildman–Crippen MR) is 62.1 cm³/mol. The summed E-state index contributed by atoms with van der Waals surface area (Å²) in [5.74, 6) is -1.36. The molecule has 1 heterocycles. The minimum atomic E-state index is -1.14. The molecular weight excluding hydrogens is 222 g/mol. The Morgan fingerprint density at radius 3 is 2.82 bits per heavy atom. The Balaban J connectivity index is 2.81. The van der Waals surface area contributed by atoms with Crippen molar-refractivity contribution in [3.8, 4) is 0 Å². The number of amides is 1. The van der Waals surface area contributed by atoms with Gasteiger partial charge in [0.2, 0.25) is 0 Å². The van der Waals surface area contributed by atoms with E-state index in [-0.39, 0.29) is 11.6 Å². The number of hydrogen-bond acceptors (Lipinski definition) is 4. The molecule has 0 aliphatic rings. The maximum Gasteiger partial charge on any atom is 0.354 e. The van der Waals surface area contributed by atoms with Gasteiger partial charge < -0.3 is 15.3 Å². The van der Waals surface area contributed by atoms with E-state index in [1.807, 2.05) is 0 Å². The lowest BCUT2D eigenvalue weighted by atomic mass is 10.2. The standard InChI is InChI=1S/C11H15N3O3/c1-12-5-6-14(2)10(15)8-3-4-13-9(7-8)11(16)17/h3-4,7,12H,5-6H2,1-2H3,(H,16,17). The number of carbonyl (C=O) groups excluding carboxylic acids is 1. The largest absolute Gasteiger partial charge is 0.477 e. The minimum Gasteiger partial charge on any atom is -0.477 e. The number of hydrogen-bond donors (Lipinski definition) is 2. The Bertz CT molecular complexity index is 420. The summed E-state index contributed by atoms with van der Waals surface area (Å²) >= 11 is 0. The van der Waals surface area contributed by atoms with E-state index in [1.165, 1.54) is 23.2 Å². The maximum absolute atomic E-state index is 11.9. The van der Waals surface area contributed by atoms with Crippen LogP contribution in [-0.2, 0) is 0 Å². The van der Waals surface area contributed by atoms with Crippen molar-refractivity contribution < 1.29 is 14.7 Å². The Hall–Kier alpha value is -1.95. The van der Waals surface area contributed by atoms with Crippen LogP contribution >= 0.6 is 0 Å². The molecule has 0 bridgehead atoms. The number of carboxylic acid groups (broad SMARTS) is 1. The summed E-state index contributed by atoms with van der Waals surface area (Å²) in [5.41, 5.74) is 0.203. The van der Waals surface area contributed by atoms with Crippen molar-refractivity contribution in [2.24, 2.45) is 0 Å². The number of pyridine rings is 1. The fourth-order valence-electron chi connectivity index (χ4n) is 1.28. The number of likely N-dealkylation sites (N-methyl/N-ethyl adjacent to an activating group) is 2. The molecule has 0 atom stereocenters. The molecule has 0 aliphatic carbocycles. The van der Waals surface area contributed by atoms with Gasteiger partial charge in [0.05, 0.1) is 0 Å². The van der Waals surface area contributed by atoms with E-state index >= 15 is 0 Å². The van der Waals surface area contributed by atoms with Gasteiger partial charge in [-0.3, -0.25) is 4.79 Å². The summed E-state index contributed by atoms with van der Waals surface area (Å²) in [6.07, 6.45) is 1.32. The Morgan fingerprint density at radius 1 is 1.53 bits per heavy atom. The van der Waals surface area contributed by atoms with Gasteiger partial charge in [-0.1, -0.05) is 0 Å². The Morgan fingerprint density at radius 2 is 2.24 bits per heavy atom. The Labute approximate surface area is 99.3 Å². The van der Waals surface area contributed by atoms with Crippen molar-refractivity contribution >= 4 is 11.9 Å². The van der Waals surface area contributed by atoms with Crippen LogP contribution in [0.1, 0.15) is 20.8 Å². The van der Waals surface area contributed by atoms with Crippen molar-refractivity contribution in [2.45, 2.75) is 0 Å². The van der Waals surface area contributed by atoms with Crippen LogP contribution in [0.2, 0.25) is 0 Å². The van der Waals surface area contributed by atoms with E-state index in [1.54, 1.807) is 14.1 Å². The van der Waals surface area contributed by atoms with Gasteiger partial charge in [0, 0.05) is 31.9 Å². The summed E-state index contributed by atoms with van der Waals surface area (Å²) in [7, 11) is 3.47. The third-order valence-corrected chi connectivity index (χ3v) is 2.27. The average molecular weight is 237 g/mol. The van der Waals surface area contributed by atoms with E-state index in [2.05, 4.69) is 10.3 Å².